The molecule has 0 radical (unpaired) electrons. The Balaban J connectivity index is 4.71. The van der Waals surface area contributed by atoms with Crippen molar-refractivity contribution in [2.45, 2.75) is 18.9 Å². The van der Waals surface area contributed by atoms with Gasteiger partial charge < -0.3 is 17.2 Å². The van der Waals surface area contributed by atoms with Crippen molar-refractivity contribution < 1.29 is 9.59 Å². The van der Waals surface area contributed by atoms with E-state index >= 15 is 0 Å². The second-order valence-corrected chi connectivity index (χ2v) is 2.30. The largest absolute Gasteiger partial charge is 0.368 e. The molecule has 12 heavy (non-hydrogen) atoms. The van der Waals surface area contributed by atoms with E-state index in [1.165, 1.54) is 0 Å². The molecule has 0 aliphatic heterocycles. The van der Waals surface area contributed by atoms with Crippen LogP contribution < -0.4 is 17.2 Å². The van der Waals surface area contributed by atoms with Gasteiger partial charge in [0.15, 0.2) is 5.54 Å². The molecule has 66 valence electrons. The molecule has 0 fully saturated rings. The molecule has 0 aliphatic rings. The summed E-state index contributed by atoms with van der Waals surface area (Å²) in [5.74, 6) is 3.04. The molecule has 5 heteroatoms. The van der Waals surface area contributed by atoms with Gasteiger partial charge in [-0.1, -0.05) is 0 Å². The number of carbonyl (C=O) groups excluding carboxylic acids is 2. The molecular formula is C7H11N3O2. The van der Waals surface area contributed by atoms with Gasteiger partial charge in [-0.15, -0.1) is 11.8 Å². The van der Waals surface area contributed by atoms with Crippen LogP contribution in [0.3, 0.4) is 0 Å². The minimum Gasteiger partial charge on any atom is -0.368 e. The molecule has 2 amide bonds. The third kappa shape index (κ3) is 1.97. The van der Waals surface area contributed by atoms with Crippen molar-refractivity contribution in [1.29, 1.82) is 0 Å². The van der Waals surface area contributed by atoms with Gasteiger partial charge in [-0.2, -0.15) is 0 Å². The van der Waals surface area contributed by atoms with E-state index in [1.54, 1.807) is 6.92 Å². The quantitative estimate of drug-likeness (QED) is 0.337. The number of carbonyl (C=O) groups is 2. The zero-order valence-electron chi connectivity index (χ0n) is 6.76. The van der Waals surface area contributed by atoms with Crippen molar-refractivity contribution in [2.24, 2.45) is 17.2 Å². The minimum absolute atomic E-state index is 0.145. The maximum absolute atomic E-state index is 10.7. The second-order valence-electron chi connectivity index (χ2n) is 2.30. The zero-order valence-corrected chi connectivity index (χ0v) is 6.76. The first-order valence-electron chi connectivity index (χ1n) is 3.23. The first kappa shape index (κ1) is 10.5. The van der Waals surface area contributed by atoms with E-state index in [0.29, 0.717) is 0 Å². The van der Waals surface area contributed by atoms with E-state index in [9.17, 15) is 9.59 Å². The van der Waals surface area contributed by atoms with Crippen LogP contribution in [0.2, 0.25) is 0 Å². The van der Waals surface area contributed by atoms with Gasteiger partial charge in [-0.3, -0.25) is 9.59 Å². The fourth-order valence-electron chi connectivity index (χ4n) is 0.523. The summed E-state index contributed by atoms with van der Waals surface area (Å²) in [5, 5.41) is 0. The molecule has 0 aliphatic carbocycles. The Morgan fingerprint density at radius 2 is 1.75 bits per heavy atom. The summed E-state index contributed by atoms with van der Waals surface area (Å²) < 4.78 is 0. The van der Waals surface area contributed by atoms with Gasteiger partial charge in [-0.05, 0) is 6.92 Å². The molecule has 0 saturated heterocycles. The molecule has 5 nitrogen and oxygen atoms in total. The lowest BCUT2D eigenvalue weighted by Crippen LogP contribution is -2.60. The Bertz CT molecular complexity index is 248. The van der Waals surface area contributed by atoms with E-state index in [0.717, 1.165) is 0 Å². The molecule has 0 unspecified atom stereocenters. The first-order valence-corrected chi connectivity index (χ1v) is 3.23. The van der Waals surface area contributed by atoms with Crippen LogP contribution in [0, 0.1) is 11.8 Å². The standard InChI is InChI=1S/C7H11N3O2/c1-2-3-4-7(10,5(8)11)6(9)12/h4,10H2,1H3,(H2,8,11)(H2,9,12). The van der Waals surface area contributed by atoms with Crippen molar-refractivity contribution >= 4 is 11.8 Å². The summed E-state index contributed by atoms with van der Waals surface area (Å²) in [7, 11) is 0. The molecule has 0 bridgehead atoms. The first-order chi connectivity index (χ1) is 5.45. The van der Waals surface area contributed by atoms with Crippen molar-refractivity contribution in [3.8, 4) is 11.8 Å². The van der Waals surface area contributed by atoms with E-state index in [1.807, 2.05) is 0 Å². The van der Waals surface area contributed by atoms with Gasteiger partial charge in [0.1, 0.15) is 0 Å². The van der Waals surface area contributed by atoms with E-state index in [-0.39, 0.29) is 6.42 Å². The Morgan fingerprint density at radius 3 is 2.00 bits per heavy atom. The van der Waals surface area contributed by atoms with Gasteiger partial charge in [0.05, 0.1) is 0 Å². The summed E-state index contributed by atoms with van der Waals surface area (Å²) in [6, 6.07) is 0. The van der Waals surface area contributed by atoms with E-state index < -0.39 is 17.4 Å². The van der Waals surface area contributed by atoms with Gasteiger partial charge in [0.25, 0.3) is 0 Å². The molecule has 0 atom stereocenters. The minimum atomic E-state index is -1.84. The van der Waals surface area contributed by atoms with Crippen LogP contribution >= 0.6 is 0 Å². The topological polar surface area (TPSA) is 112 Å². The summed E-state index contributed by atoms with van der Waals surface area (Å²) >= 11 is 0. The highest BCUT2D eigenvalue weighted by Gasteiger charge is 2.37. The van der Waals surface area contributed by atoms with Crippen LogP contribution in [-0.4, -0.2) is 17.4 Å². The van der Waals surface area contributed by atoms with Gasteiger partial charge in [0.2, 0.25) is 11.8 Å². The van der Waals surface area contributed by atoms with Crippen LogP contribution in [0.1, 0.15) is 13.3 Å². The van der Waals surface area contributed by atoms with Gasteiger partial charge >= 0.3 is 0 Å². The summed E-state index contributed by atoms with van der Waals surface area (Å²) in [6.45, 7) is 1.56. The number of rotatable bonds is 3. The number of hydrogen-bond acceptors (Lipinski definition) is 3. The third-order valence-electron chi connectivity index (χ3n) is 1.42. The van der Waals surface area contributed by atoms with Crippen LogP contribution in [0.4, 0.5) is 0 Å². The lowest BCUT2D eigenvalue weighted by atomic mass is 9.95. The summed E-state index contributed by atoms with van der Waals surface area (Å²) in [5.41, 5.74) is 13.2. The fraction of sp³-hybridized carbons (Fsp3) is 0.429. The van der Waals surface area contributed by atoms with Crippen molar-refractivity contribution in [2.75, 3.05) is 0 Å². The molecular weight excluding hydrogens is 158 g/mol. The van der Waals surface area contributed by atoms with Crippen LogP contribution in [0.5, 0.6) is 0 Å². The Hall–Kier alpha value is -1.54. The van der Waals surface area contributed by atoms with Crippen LogP contribution in [-0.2, 0) is 9.59 Å². The van der Waals surface area contributed by atoms with Crippen LogP contribution in [0.15, 0.2) is 0 Å². The highest BCUT2D eigenvalue weighted by molar-refractivity contribution is 6.08. The van der Waals surface area contributed by atoms with Crippen molar-refractivity contribution in [1.82, 2.24) is 0 Å². The zero-order chi connectivity index (χ0) is 9.78. The normalized spacial score (nSPS) is 9.83. The molecule has 0 aromatic rings. The fourth-order valence-corrected chi connectivity index (χ4v) is 0.523. The maximum Gasteiger partial charge on any atom is 0.248 e. The smallest absolute Gasteiger partial charge is 0.248 e. The summed E-state index contributed by atoms with van der Waals surface area (Å²) in [4.78, 5) is 21.4. The SMILES string of the molecule is CC#CCC(N)(C(N)=O)C(N)=O. The van der Waals surface area contributed by atoms with E-state index in [4.69, 9.17) is 17.2 Å². The second kappa shape index (κ2) is 3.74. The van der Waals surface area contributed by atoms with Crippen molar-refractivity contribution in [3.05, 3.63) is 0 Å². The highest BCUT2D eigenvalue weighted by atomic mass is 16.2. The lowest BCUT2D eigenvalue weighted by molar-refractivity contribution is -0.133. The molecule has 0 heterocycles. The summed E-state index contributed by atoms with van der Waals surface area (Å²) in [6.07, 6.45) is -0.145. The van der Waals surface area contributed by atoms with Crippen molar-refractivity contribution in [3.63, 3.8) is 0 Å². The van der Waals surface area contributed by atoms with Gasteiger partial charge in [-0.25, -0.2) is 0 Å². The Labute approximate surface area is 70.3 Å². The number of hydrogen-bond donors (Lipinski definition) is 3. The molecule has 0 saturated carbocycles. The lowest BCUT2D eigenvalue weighted by Gasteiger charge is -2.18. The maximum atomic E-state index is 10.7. The molecule has 0 aromatic heterocycles. The average molecular weight is 169 g/mol. The van der Waals surface area contributed by atoms with Gasteiger partial charge in [0, 0.05) is 6.42 Å². The van der Waals surface area contributed by atoms with Crippen LogP contribution in [0.25, 0.3) is 0 Å². The Morgan fingerprint density at radius 1 is 1.33 bits per heavy atom. The third-order valence-corrected chi connectivity index (χ3v) is 1.42. The average Bonchev–Trinajstić information content (AvgIpc) is 1.99. The molecule has 6 N–H and O–H groups in total. The number of nitrogens with two attached hydrogens (primary N) is 3. The predicted octanol–water partition coefficient (Wildman–Crippen LogP) is -1.93. The highest BCUT2D eigenvalue weighted by Crippen LogP contribution is 2.03. The molecule has 0 spiro atoms. The predicted molar refractivity (Wildman–Crippen MR) is 43.4 cm³/mol. The number of primary amides is 2. The monoisotopic (exact) mass is 169 g/mol. The Kier molecular flexibility index (Phi) is 3.26. The molecule has 0 rings (SSSR count). The van der Waals surface area contributed by atoms with E-state index in [2.05, 4.69) is 11.8 Å². The molecule has 0 aromatic carbocycles. The number of amides is 2.